The van der Waals surface area contributed by atoms with E-state index in [1.54, 1.807) is 13.0 Å². The maximum absolute atomic E-state index is 12.3. The highest BCUT2D eigenvalue weighted by molar-refractivity contribution is 6.27. The first kappa shape index (κ1) is 15.8. The fraction of sp³-hybridized carbons (Fsp3) is 0.400. The number of rotatable bonds is 5. The SMILES string of the molecule is CC(Oc1ccc2c(c1[N+](=O)[O-])C(=O)C(C)C2C)C(=O)C=O. The number of nitro benzene ring substituents is 1. The Hall–Kier alpha value is -2.57. The number of ketones is 2. The number of benzene rings is 1. The van der Waals surface area contributed by atoms with Gasteiger partial charge in [-0.3, -0.25) is 24.5 Å². The molecule has 7 nitrogen and oxygen atoms in total. The van der Waals surface area contributed by atoms with Crippen molar-refractivity contribution in [3.63, 3.8) is 0 Å². The Balaban J connectivity index is 2.55. The van der Waals surface area contributed by atoms with Gasteiger partial charge in [0.25, 0.3) is 0 Å². The van der Waals surface area contributed by atoms with E-state index in [9.17, 15) is 24.5 Å². The first-order valence-electron chi connectivity index (χ1n) is 6.80. The molecule has 0 saturated heterocycles. The molecule has 0 spiro atoms. The third kappa shape index (κ3) is 2.38. The Labute approximate surface area is 126 Å². The van der Waals surface area contributed by atoms with E-state index < -0.39 is 22.5 Å². The molecule has 0 heterocycles. The number of carbonyl (C=O) groups excluding carboxylic acids is 3. The van der Waals surface area contributed by atoms with Gasteiger partial charge in [0.05, 0.1) is 4.92 Å². The van der Waals surface area contributed by atoms with Crippen LogP contribution in [0, 0.1) is 16.0 Å². The summed E-state index contributed by atoms with van der Waals surface area (Å²) in [5.74, 6) is -1.79. The molecule has 0 amide bonds. The van der Waals surface area contributed by atoms with Crippen LogP contribution in [-0.2, 0) is 9.59 Å². The number of nitro groups is 1. The molecular weight excluding hydrogens is 290 g/mol. The second-order valence-electron chi connectivity index (χ2n) is 5.36. The fourth-order valence-electron chi connectivity index (χ4n) is 2.57. The zero-order chi connectivity index (χ0) is 16.6. The molecule has 0 radical (unpaired) electrons. The molecule has 1 aromatic carbocycles. The maximum Gasteiger partial charge on any atom is 0.321 e. The lowest BCUT2D eigenvalue weighted by molar-refractivity contribution is -0.386. The molecule has 0 N–H and O–H groups in total. The zero-order valence-corrected chi connectivity index (χ0v) is 12.4. The van der Waals surface area contributed by atoms with Crippen LogP contribution in [-0.4, -0.2) is 28.9 Å². The van der Waals surface area contributed by atoms with Crippen molar-refractivity contribution in [1.82, 2.24) is 0 Å². The van der Waals surface area contributed by atoms with Crippen LogP contribution < -0.4 is 4.74 Å². The Morgan fingerprint density at radius 1 is 1.36 bits per heavy atom. The van der Waals surface area contributed by atoms with Crippen molar-refractivity contribution in [3.8, 4) is 5.75 Å². The molecule has 116 valence electrons. The smallest absolute Gasteiger partial charge is 0.321 e. The second-order valence-corrected chi connectivity index (χ2v) is 5.36. The molecule has 0 bridgehead atoms. The van der Waals surface area contributed by atoms with E-state index in [0.29, 0.717) is 5.56 Å². The van der Waals surface area contributed by atoms with Crippen LogP contribution in [0.4, 0.5) is 5.69 Å². The molecule has 1 aromatic rings. The molecule has 0 aromatic heterocycles. The molecule has 3 atom stereocenters. The summed E-state index contributed by atoms with van der Waals surface area (Å²) in [6, 6.07) is 2.97. The van der Waals surface area contributed by atoms with Gasteiger partial charge in [-0.05, 0) is 24.5 Å². The quantitative estimate of drug-likeness (QED) is 0.357. The molecule has 2 rings (SSSR count). The van der Waals surface area contributed by atoms with Crippen molar-refractivity contribution in [1.29, 1.82) is 0 Å². The van der Waals surface area contributed by atoms with E-state index in [1.165, 1.54) is 13.0 Å². The first-order chi connectivity index (χ1) is 10.3. The van der Waals surface area contributed by atoms with Gasteiger partial charge in [0.2, 0.25) is 5.78 Å². The maximum atomic E-state index is 12.3. The van der Waals surface area contributed by atoms with Crippen LogP contribution in [0.3, 0.4) is 0 Å². The van der Waals surface area contributed by atoms with Gasteiger partial charge in [0.1, 0.15) is 5.56 Å². The predicted octanol–water partition coefficient (Wildman–Crippen LogP) is 2.07. The average Bonchev–Trinajstić information content (AvgIpc) is 2.70. The van der Waals surface area contributed by atoms with Crippen molar-refractivity contribution in [3.05, 3.63) is 33.4 Å². The van der Waals surface area contributed by atoms with Gasteiger partial charge in [-0.25, -0.2) is 0 Å². The summed E-state index contributed by atoms with van der Waals surface area (Å²) in [4.78, 5) is 44.7. The molecule has 0 aliphatic heterocycles. The summed E-state index contributed by atoms with van der Waals surface area (Å²) in [7, 11) is 0. The number of aldehydes is 1. The third-order valence-corrected chi connectivity index (χ3v) is 4.08. The second kappa shape index (κ2) is 5.67. The summed E-state index contributed by atoms with van der Waals surface area (Å²) >= 11 is 0. The summed E-state index contributed by atoms with van der Waals surface area (Å²) in [6.45, 7) is 4.87. The Morgan fingerprint density at radius 2 is 2.00 bits per heavy atom. The van der Waals surface area contributed by atoms with E-state index in [0.717, 1.165) is 0 Å². The summed E-state index contributed by atoms with van der Waals surface area (Å²) in [6.07, 6.45) is -1.06. The van der Waals surface area contributed by atoms with Crippen molar-refractivity contribution in [2.24, 2.45) is 5.92 Å². The zero-order valence-electron chi connectivity index (χ0n) is 12.4. The number of Topliss-reactive ketones (excluding diaryl/α,β-unsaturated/α-hetero) is 2. The lowest BCUT2D eigenvalue weighted by atomic mass is 9.96. The van der Waals surface area contributed by atoms with Gasteiger partial charge in [0, 0.05) is 5.92 Å². The topological polar surface area (TPSA) is 104 Å². The number of nitrogens with zero attached hydrogens (tertiary/aromatic N) is 1. The van der Waals surface area contributed by atoms with Crippen molar-refractivity contribution in [2.75, 3.05) is 0 Å². The molecule has 1 aliphatic rings. The Morgan fingerprint density at radius 3 is 2.55 bits per heavy atom. The van der Waals surface area contributed by atoms with Crippen LogP contribution >= 0.6 is 0 Å². The minimum atomic E-state index is -1.15. The molecule has 7 heteroatoms. The molecule has 3 unspecified atom stereocenters. The number of hydrogen-bond donors (Lipinski definition) is 0. The molecule has 0 saturated carbocycles. The lowest BCUT2D eigenvalue weighted by Crippen LogP contribution is -2.25. The largest absolute Gasteiger partial charge is 0.475 e. The van der Waals surface area contributed by atoms with Crippen LogP contribution in [0.25, 0.3) is 0 Å². The van der Waals surface area contributed by atoms with Gasteiger partial charge in [0.15, 0.2) is 23.9 Å². The van der Waals surface area contributed by atoms with Crippen molar-refractivity contribution < 1.29 is 24.0 Å². The summed E-state index contributed by atoms with van der Waals surface area (Å²) in [5.41, 5.74) is 0.198. The fourth-order valence-corrected chi connectivity index (χ4v) is 2.57. The summed E-state index contributed by atoms with van der Waals surface area (Å²) < 4.78 is 5.23. The van der Waals surface area contributed by atoms with Crippen LogP contribution in [0.15, 0.2) is 12.1 Å². The predicted molar refractivity (Wildman–Crippen MR) is 76.2 cm³/mol. The Bertz CT molecular complexity index is 681. The highest BCUT2D eigenvalue weighted by atomic mass is 16.6. The Kier molecular flexibility index (Phi) is 4.07. The number of fused-ring (bicyclic) bond motifs is 1. The standard InChI is InChI=1S/C15H15NO6/c1-7-8(2)15(19)13-10(7)4-5-12(14(13)16(20)21)22-9(3)11(18)6-17/h4-9H,1-3H3. The average molecular weight is 305 g/mol. The highest BCUT2D eigenvalue weighted by Crippen LogP contribution is 2.45. The van der Waals surface area contributed by atoms with E-state index in [-0.39, 0.29) is 35.2 Å². The van der Waals surface area contributed by atoms with Crippen LogP contribution in [0.1, 0.15) is 42.6 Å². The van der Waals surface area contributed by atoms with Gasteiger partial charge in [-0.15, -0.1) is 0 Å². The highest BCUT2D eigenvalue weighted by Gasteiger charge is 2.41. The number of carbonyl (C=O) groups is 3. The minimum absolute atomic E-state index is 0.0354. The van der Waals surface area contributed by atoms with E-state index in [4.69, 9.17) is 4.74 Å². The number of ether oxygens (including phenoxy) is 1. The van der Waals surface area contributed by atoms with Crippen LogP contribution in [0.5, 0.6) is 5.75 Å². The van der Waals surface area contributed by atoms with E-state index >= 15 is 0 Å². The lowest BCUT2D eigenvalue weighted by Gasteiger charge is -2.13. The molecular formula is C15H15NO6. The molecule has 1 aliphatic carbocycles. The summed E-state index contributed by atoms with van der Waals surface area (Å²) in [5, 5.41) is 11.4. The minimum Gasteiger partial charge on any atom is -0.475 e. The van der Waals surface area contributed by atoms with Crippen molar-refractivity contribution >= 4 is 23.5 Å². The van der Waals surface area contributed by atoms with Gasteiger partial charge >= 0.3 is 5.69 Å². The van der Waals surface area contributed by atoms with E-state index in [2.05, 4.69) is 0 Å². The van der Waals surface area contributed by atoms with Gasteiger partial charge < -0.3 is 4.74 Å². The molecule has 22 heavy (non-hydrogen) atoms. The first-order valence-corrected chi connectivity index (χ1v) is 6.80. The monoisotopic (exact) mass is 305 g/mol. The normalized spacial score (nSPS) is 21.1. The molecule has 0 fully saturated rings. The van der Waals surface area contributed by atoms with Crippen LogP contribution in [0.2, 0.25) is 0 Å². The van der Waals surface area contributed by atoms with E-state index in [1.807, 2.05) is 6.92 Å². The third-order valence-electron chi connectivity index (χ3n) is 4.08. The van der Waals surface area contributed by atoms with Gasteiger partial charge in [-0.1, -0.05) is 19.9 Å². The number of hydrogen-bond acceptors (Lipinski definition) is 6. The van der Waals surface area contributed by atoms with Gasteiger partial charge in [-0.2, -0.15) is 0 Å². The van der Waals surface area contributed by atoms with Crippen molar-refractivity contribution in [2.45, 2.75) is 32.8 Å².